The van der Waals surface area contributed by atoms with E-state index in [0.29, 0.717) is 22.3 Å². The van der Waals surface area contributed by atoms with E-state index in [1.54, 1.807) is 13.1 Å². The van der Waals surface area contributed by atoms with Crippen molar-refractivity contribution in [2.24, 2.45) is 5.10 Å². The van der Waals surface area contributed by atoms with Crippen molar-refractivity contribution in [3.05, 3.63) is 40.4 Å². The summed E-state index contributed by atoms with van der Waals surface area (Å²) in [7, 11) is 1.35. The van der Waals surface area contributed by atoms with Gasteiger partial charge in [0, 0.05) is 0 Å². The standard InChI is InChI=1S/C16H19N3O3S/c1-4-8-22-13-7-5-6-12(9-13)10-17-19-16-18-11(2)14(23-16)15(20)21-3/h5-7,9-10H,4,8H2,1-3H3,(H,18,19)/b17-10-. The maximum atomic E-state index is 11.5. The van der Waals surface area contributed by atoms with E-state index < -0.39 is 5.97 Å². The molecule has 0 saturated carbocycles. The molecule has 0 aliphatic rings. The molecule has 1 N–H and O–H groups in total. The molecule has 0 saturated heterocycles. The predicted molar refractivity (Wildman–Crippen MR) is 91.6 cm³/mol. The topological polar surface area (TPSA) is 72.8 Å². The lowest BCUT2D eigenvalue weighted by Gasteiger charge is -2.04. The molecule has 1 heterocycles. The van der Waals surface area contributed by atoms with Gasteiger partial charge in [-0.15, -0.1) is 0 Å². The number of aryl methyl sites for hydroxylation is 1. The van der Waals surface area contributed by atoms with Crippen LogP contribution < -0.4 is 10.2 Å². The van der Waals surface area contributed by atoms with Gasteiger partial charge in [-0.2, -0.15) is 5.10 Å². The average Bonchev–Trinajstić information content (AvgIpc) is 2.93. The monoisotopic (exact) mass is 333 g/mol. The fourth-order valence-electron chi connectivity index (χ4n) is 1.79. The Kier molecular flexibility index (Phi) is 6.10. The molecular weight excluding hydrogens is 314 g/mol. The molecule has 0 bridgehead atoms. The van der Waals surface area contributed by atoms with Gasteiger partial charge < -0.3 is 9.47 Å². The molecule has 0 fully saturated rings. The number of esters is 1. The normalized spacial score (nSPS) is 10.7. The molecule has 122 valence electrons. The van der Waals surface area contributed by atoms with Crippen LogP contribution in [0.1, 0.15) is 34.3 Å². The summed E-state index contributed by atoms with van der Waals surface area (Å²) in [6.07, 6.45) is 2.64. The van der Waals surface area contributed by atoms with Crippen LogP contribution in [-0.2, 0) is 4.74 Å². The number of nitrogens with one attached hydrogen (secondary N) is 1. The van der Waals surface area contributed by atoms with Crippen LogP contribution in [0.25, 0.3) is 0 Å². The minimum atomic E-state index is -0.391. The molecule has 1 aromatic heterocycles. The van der Waals surface area contributed by atoms with Gasteiger partial charge in [-0.25, -0.2) is 9.78 Å². The van der Waals surface area contributed by atoms with Crippen molar-refractivity contribution in [1.82, 2.24) is 4.98 Å². The molecule has 23 heavy (non-hydrogen) atoms. The van der Waals surface area contributed by atoms with Gasteiger partial charge in [0.05, 0.1) is 25.6 Å². The zero-order chi connectivity index (χ0) is 16.7. The van der Waals surface area contributed by atoms with Crippen molar-refractivity contribution in [3.8, 4) is 5.75 Å². The summed E-state index contributed by atoms with van der Waals surface area (Å²) in [4.78, 5) is 16.2. The summed E-state index contributed by atoms with van der Waals surface area (Å²) in [6, 6.07) is 7.66. The molecule has 6 nitrogen and oxygen atoms in total. The molecule has 0 amide bonds. The van der Waals surface area contributed by atoms with E-state index in [9.17, 15) is 4.79 Å². The number of carbonyl (C=O) groups excluding carboxylic acids is 1. The van der Waals surface area contributed by atoms with Crippen LogP contribution in [0.2, 0.25) is 0 Å². The van der Waals surface area contributed by atoms with Gasteiger partial charge in [0.15, 0.2) is 0 Å². The minimum Gasteiger partial charge on any atom is -0.494 e. The Hall–Kier alpha value is -2.41. The summed E-state index contributed by atoms with van der Waals surface area (Å²) in [6.45, 7) is 4.51. The first-order chi connectivity index (χ1) is 11.1. The number of nitrogens with zero attached hydrogens (tertiary/aromatic N) is 2. The first-order valence-corrected chi connectivity index (χ1v) is 8.03. The highest BCUT2D eigenvalue weighted by atomic mass is 32.1. The van der Waals surface area contributed by atoms with Crippen molar-refractivity contribution in [3.63, 3.8) is 0 Å². The summed E-state index contributed by atoms with van der Waals surface area (Å²) in [5.74, 6) is 0.423. The number of benzene rings is 1. The molecule has 2 aromatic rings. The number of hydrogen-bond donors (Lipinski definition) is 1. The lowest BCUT2D eigenvalue weighted by molar-refractivity contribution is 0.0605. The van der Waals surface area contributed by atoms with Crippen molar-refractivity contribution in [2.75, 3.05) is 19.1 Å². The third kappa shape index (κ3) is 4.79. The number of carbonyl (C=O) groups is 1. The van der Waals surface area contributed by atoms with Crippen LogP contribution in [0.15, 0.2) is 29.4 Å². The van der Waals surface area contributed by atoms with Gasteiger partial charge in [0.25, 0.3) is 0 Å². The van der Waals surface area contributed by atoms with E-state index in [2.05, 4.69) is 22.4 Å². The number of ether oxygens (including phenoxy) is 2. The van der Waals surface area contributed by atoms with Crippen LogP contribution in [0, 0.1) is 6.92 Å². The minimum absolute atomic E-state index is 0.391. The number of methoxy groups -OCH3 is 1. The average molecular weight is 333 g/mol. The van der Waals surface area contributed by atoms with Crippen LogP contribution in [-0.4, -0.2) is 30.9 Å². The molecule has 0 spiro atoms. The van der Waals surface area contributed by atoms with Gasteiger partial charge in [0.2, 0.25) is 5.13 Å². The second-order valence-electron chi connectivity index (χ2n) is 4.72. The fraction of sp³-hybridized carbons (Fsp3) is 0.312. The Morgan fingerprint density at radius 2 is 2.30 bits per heavy atom. The number of rotatable bonds is 7. The first-order valence-electron chi connectivity index (χ1n) is 7.21. The largest absolute Gasteiger partial charge is 0.494 e. The highest BCUT2D eigenvalue weighted by molar-refractivity contribution is 7.17. The Bertz CT molecular complexity index is 698. The number of hydrogen-bond acceptors (Lipinski definition) is 7. The Morgan fingerprint density at radius 1 is 1.48 bits per heavy atom. The van der Waals surface area contributed by atoms with Crippen LogP contribution in [0.5, 0.6) is 5.75 Å². The molecule has 0 aliphatic heterocycles. The lowest BCUT2D eigenvalue weighted by atomic mass is 10.2. The zero-order valence-corrected chi connectivity index (χ0v) is 14.1. The zero-order valence-electron chi connectivity index (χ0n) is 13.3. The van der Waals surface area contributed by atoms with Gasteiger partial charge >= 0.3 is 5.97 Å². The summed E-state index contributed by atoms with van der Waals surface area (Å²) in [5, 5.41) is 4.68. The quantitative estimate of drug-likeness (QED) is 0.477. The van der Waals surface area contributed by atoms with E-state index in [1.807, 2.05) is 24.3 Å². The molecule has 1 aromatic carbocycles. The SMILES string of the molecule is CCCOc1cccc(/C=N\Nc2nc(C)c(C(=O)OC)s2)c1. The van der Waals surface area contributed by atoms with Gasteiger partial charge in [-0.3, -0.25) is 5.43 Å². The van der Waals surface area contributed by atoms with Crippen molar-refractivity contribution in [2.45, 2.75) is 20.3 Å². The first kappa shape index (κ1) is 17.0. The maximum Gasteiger partial charge on any atom is 0.350 e. The van der Waals surface area contributed by atoms with Crippen molar-refractivity contribution in [1.29, 1.82) is 0 Å². The highest BCUT2D eigenvalue weighted by Crippen LogP contribution is 2.23. The van der Waals surface area contributed by atoms with Crippen LogP contribution in [0.3, 0.4) is 0 Å². The third-order valence-corrected chi connectivity index (χ3v) is 3.91. The summed E-state index contributed by atoms with van der Waals surface area (Å²) >= 11 is 1.21. The molecule has 0 radical (unpaired) electrons. The van der Waals surface area contributed by atoms with Gasteiger partial charge in [0.1, 0.15) is 10.6 Å². The van der Waals surface area contributed by atoms with Crippen LogP contribution in [0.4, 0.5) is 5.13 Å². The maximum absolute atomic E-state index is 11.5. The fourth-order valence-corrected chi connectivity index (χ4v) is 2.63. The summed E-state index contributed by atoms with van der Waals surface area (Å²) < 4.78 is 10.3. The molecule has 7 heteroatoms. The van der Waals surface area contributed by atoms with E-state index in [-0.39, 0.29) is 0 Å². The molecule has 0 aliphatic carbocycles. The van der Waals surface area contributed by atoms with Crippen molar-refractivity contribution < 1.29 is 14.3 Å². The molecule has 2 rings (SSSR count). The smallest absolute Gasteiger partial charge is 0.350 e. The molecule has 0 unspecified atom stereocenters. The number of aromatic nitrogens is 1. The second-order valence-corrected chi connectivity index (χ2v) is 5.72. The Balaban J connectivity index is 2.00. The van der Waals surface area contributed by atoms with Crippen LogP contribution >= 0.6 is 11.3 Å². The predicted octanol–water partition coefficient (Wildman–Crippen LogP) is 3.47. The van der Waals surface area contributed by atoms with Gasteiger partial charge in [-0.1, -0.05) is 30.4 Å². The second kappa shape index (κ2) is 8.28. The van der Waals surface area contributed by atoms with Gasteiger partial charge in [-0.05, 0) is 31.0 Å². The highest BCUT2D eigenvalue weighted by Gasteiger charge is 2.15. The third-order valence-electron chi connectivity index (χ3n) is 2.87. The molecule has 0 atom stereocenters. The van der Waals surface area contributed by atoms with E-state index in [4.69, 9.17) is 9.47 Å². The number of hydrazone groups is 1. The number of anilines is 1. The Morgan fingerprint density at radius 3 is 3.04 bits per heavy atom. The van der Waals surface area contributed by atoms with E-state index >= 15 is 0 Å². The Labute approximate surface area is 139 Å². The van der Waals surface area contributed by atoms with E-state index in [1.165, 1.54) is 18.4 Å². The van der Waals surface area contributed by atoms with E-state index in [0.717, 1.165) is 17.7 Å². The van der Waals surface area contributed by atoms with Crippen molar-refractivity contribution >= 4 is 28.7 Å². The molecular formula is C16H19N3O3S. The number of thiazole rings is 1. The summed E-state index contributed by atoms with van der Waals surface area (Å²) in [5.41, 5.74) is 4.35. The lowest BCUT2D eigenvalue weighted by Crippen LogP contribution is -1.99.